The summed E-state index contributed by atoms with van der Waals surface area (Å²) >= 11 is 0. The summed E-state index contributed by atoms with van der Waals surface area (Å²) in [5.74, 6) is 0. The summed E-state index contributed by atoms with van der Waals surface area (Å²) < 4.78 is 0. The Bertz CT molecular complexity index is 22.5. The van der Waals surface area contributed by atoms with E-state index in [4.69, 9.17) is 15.3 Å². The van der Waals surface area contributed by atoms with Crippen molar-refractivity contribution in [2.75, 3.05) is 19.8 Å². The summed E-state index contributed by atoms with van der Waals surface area (Å²) in [5.41, 5.74) is 0. The summed E-state index contributed by atoms with van der Waals surface area (Å²) in [6, 6.07) is 0. The van der Waals surface area contributed by atoms with E-state index in [0.717, 1.165) is 0 Å². The van der Waals surface area contributed by atoms with E-state index in [1.165, 1.54) is 0 Å². The molecule has 0 rings (SSSR count). The van der Waals surface area contributed by atoms with Crippen LogP contribution >= 0.6 is 0 Å². The fourth-order valence-electron chi connectivity index (χ4n) is 0. The van der Waals surface area contributed by atoms with Crippen molar-refractivity contribution in [3.8, 4) is 0 Å². The molecule has 0 unspecified atom stereocenters. The molecule has 0 bridgehead atoms. The number of rotatable bonds is 0. The fraction of sp³-hybridized carbons (Fsp3) is 1.00. The van der Waals surface area contributed by atoms with Gasteiger partial charge in [-0.15, -0.1) is 0 Å². The van der Waals surface area contributed by atoms with Crippen LogP contribution in [0.25, 0.3) is 0 Å². The summed E-state index contributed by atoms with van der Waals surface area (Å²) in [4.78, 5) is 0. The van der Waals surface area contributed by atoms with Gasteiger partial charge in [0.2, 0.25) is 0 Å². The molecular weight excluding hydrogens is 154 g/mol. The second-order valence-corrected chi connectivity index (χ2v) is 0.949. The van der Waals surface area contributed by atoms with Crippen LogP contribution in [0, 0.1) is 0 Å². The molecule has 0 atom stereocenters. The SMILES string of the molecule is CCO.CCO.CCO.[Al].[LiH]. The first kappa shape index (κ1) is 29.6. The molecule has 0 aromatic heterocycles. The van der Waals surface area contributed by atoms with Crippen LogP contribution in [0.5, 0.6) is 0 Å². The monoisotopic (exact) mass is 173 g/mol. The van der Waals surface area contributed by atoms with Crippen LogP contribution in [0.4, 0.5) is 0 Å². The molecule has 3 radical (unpaired) electrons. The number of hydrogen-bond donors (Lipinski definition) is 3. The number of hydrogen-bond acceptors (Lipinski definition) is 3. The zero-order valence-electron chi connectivity index (χ0n) is 7.04. The molecule has 0 spiro atoms. The van der Waals surface area contributed by atoms with Gasteiger partial charge in [-0.25, -0.2) is 0 Å². The molecule has 65 valence electrons. The van der Waals surface area contributed by atoms with Crippen LogP contribution < -0.4 is 0 Å². The van der Waals surface area contributed by atoms with Crippen molar-refractivity contribution in [2.45, 2.75) is 20.8 Å². The zero-order chi connectivity index (χ0) is 8.12. The zero-order valence-corrected chi connectivity index (χ0v) is 8.20. The van der Waals surface area contributed by atoms with Crippen LogP contribution in [0.15, 0.2) is 0 Å². The van der Waals surface area contributed by atoms with Gasteiger partial charge in [0.15, 0.2) is 0 Å². The minimum atomic E-state index is 0. The van der Waals surface area contributed by atoms with E-state index in [-0.39, 0.29) is 56.0 Å². The first-order valence-corrected chi connectivity index (χ1v) is 3.07. The van der Waals surface area contributed by atoms with E-state index in [1.807, 2.05) is 0 Å². The molecule has 0 amide bonds. The predicted molar refractivity (Wildman–Crippen MR) is 51.2 cm³/mol. The van der Waals surface area contributed by atoms with Crippen molar-refractivity contribution < 1.29 is 15.3 Å². The third-order valence-electron chi connectivity index (χ3n) is 0. The molecule has 0 heterocycles. The number of aliphatic hydroxyl groups excluding tert-OH is 3. The topological polar surface area (TPSA) is 60.7 Å². The van der Waals surface area contributed by atoms with Gasteiger partial charge in [-0.1, -0.05) is 0 Å². The van der Waals surface area contributed by atoms with Gasteiger partial charge in [0.25, 0.3) is 0 Å². The maximum absolute atomic E-state index is 7.57. The van der Waals surface area contributed by atoms with Gasteiger partial charge in [0.05, 0.1) is 0 Å². The van der Waals surface area contributed by atoms with Gasteiger partial charge in [-0.3, -0.25) is 0 Å². The molecule has 0 saturated heterocycles. The maximum atomic E-state index is 7.57. The third kappa shape index (κ3) is 876. The van der Waals surface area contributed by atoms with Gasteiger partial charge in [-0.2, -0.15) is 0 Å². The Balaban J connectivity index is -0.0000000150. The third-order valence-corrected chi connectivity index (χ3v) is 0. The van der Waals surface area contributed by atoms with Crippen molar-refractivity contribution in [1.82, 2.24) is 0 Å². The Kier molecular flexibility index (Phi) is 185. The molecular formula is C6H19AlLiO3. The molecule has 0 saturated carbocycles. The number of aliphatic hydroxyl groups is 3. The minimum absolute atomic E-state index is 0. The molecule has 3 nitrogen and oxygen atoms in total. The predicted octanol–water partition coefficient (Wildman–Crippen LogP) is -1.03. The molecule has 0 fully saturated rings. The molecule has 0 aromatic carbocycles. The molecule has 5 heteroatoms. The summed E-state index contributed by atoms with van der Waals surface area (Å²) in [7, 11) is 0. The van der Waals surface area contributed by atoms with Crippen LogP contribution in [0.2, 0.25) is 0 Å². The second kappa shape index (κ2) is 68.6. The van der Waals surface area contributed by atoms with Crippen LogP contribution in [0.3, 0.4) is 0 Å². The van der Waals surface area contributed by atoms with Crippen molar-refractivity contribution >= 4 is 36.2 Å². The first-order valence-electron chi connectivity index (χ1n) is 3.07. The quantitative estimate of drug-likeness (QED) is 0.410. The van der Waals surface area contributed by atoms with E-state index in [1.54, 1.807) is 20.8 Å². The first-order chi connectivity index (χ1) is 4.24. The summed E-state index contributed by atoms with van der Waals surface area (Å²) in [6.07, 6.45) is 0. The molecule has 0 aliphatic carbocycles. The van der Waals surface area contributed by atoms with Crippen molar-refractivity contribution in [3.63, 3.8) is 0 Å². The summed E-state index contributed by atoms with van der Waals surface area (Å²) in [6.45, 7) is 5.79. The van der Waals surface area contributed by atoms with Gasteiger partial charge < -0.3 is 15.3 Å². The Labute approximate surface area is 92.1 Å². The van der Waals surface area contributed by atoms with Crippen molar-refractivity contribution in [2.24, 2.45) is 0 Å². The van der Waals surface area contributed by atoms with Gasteiger partial charge in [0.1, 0.15) is 0 Å². The fourth-order valence-corrected chi connectivity index (χ4v) is 0. The van der Waals surface area contributed by atoms with Gasteiger partial charge in [0, 0.05) is 37.2 Å². The van der Waals surface area contributed by atoms with E-state index in [0.29, 0.717) is 0 Å². The normalized spacial score (nSPS) is 4.91. The molecule has 0 aliphatic heterocycles. The Morgan fingerprint density at radius 2 is 0.727 bits per heavy atom. The Morgan fingerprint density at radius 3 is 0.727 bits per heavy atom. The average molecular weight is 173 g/mol. The standard InChI is InChI=1S/3C2H6O.Al.Li.H/c3*1-2-3;;;/h3*3H,2H2,1H3;;;. The Morgan fingerprint density at radius 1 is 0.727 bits per heavy atom. The second-order valence-electron chi connectivity index (χ2n) is 0.949. The van der Waals surface area contributed by atoms with E-state index in [9.17, 15) is 0 Å². The van der Waals surface area contributed by atoms with E-state index >= 15 is 0 Å². The van der Waals surface area contributed by atoms with Gasteiger partial charge >= 0.3 is 18.9 Å². The van der Waals surface area contributed by atoms with Crippen LogP contribution in [-0.2, 0) is 0 Å². The van der Waals surface area contributed by atoms with Crippen LogP contribution in [-0.4, -0.2) is 71.4 Å². The molecule has 3 N–H and O–H groups in total. The molecule has 0 aliphatic rings. The van der Waals surface area contributed by atoms with Crippen LogP contribution in [0.1, 0.15) is 20.8 Å². The van der Waals surface area contributed by atoms with Crippen molar-refractivity contribution in [1.29, 1.82) is 0 Å². The average Bonchev–Trinajstić information content (AvgIpc) is 1.70. The van der Waals surface area contributed by atoms with E-state index < -0.39 is 0 Å². The Hall–Kier alpha value is 1.01. The molecule has 11 heavy (non-hydrogen) atoms. The molecule has 0 aromatic rings. The van der Waals surface area contributed by atoms with E-state index in [2.05, 4.69) is 0 Å². The summed E-state index contributed by atoms with van der Waals surface area (Å²) in [5, 5.41) is 22.7. The van der Waals surface area contributed by atoms with Gasteiger partial charge in [-0.05, 0) is 20.8 Å². The van der Waals surface area contributed by atoms with Crippen molar-refractivity contribution in [3.05, 3.63) is 0 Å².